The van der Waals surface area contributed by atoms with Gasteiger partial charge in [-0.1, -0.05) is 12.1 Å². The Labute approximate surface area is 129 Å². The molecule has 6 heteroatoms. The molecule has 118 valence electrons. The van der Waals surface area contributed by atoms with Crippen molar-refractivity contribution >= 4 is 17.0 Å². The minimum atomic E-state index is -0.0866. The van der Waals surface area contributed by atoms with Crippen LogP contribution in [0.3, 0.4) is 0 Å². The number of nitrogens with zero attached hydrogens (tertiary/aromatic N) is 3. The average molecular weight is 303 g/mol. The lowest BCUT2D eigenvalue weighted by atomic mass is 10.1. The van der Waals surface area contributed by atoms with Gasteiger partial charge in [-0.2, -0.15) is 0 Å². The fraction of sp³-hybridized carbons (Fsp3) is 0.562. The quantitative estimate of drug-likeness (QED) is 0.885. The number of aromatic nitrogens is 2. The fourth-order valence-corrected chi connectivity index (χ4v) is 2.75. The zero-order valence-corrected chi connectivity index (χ0v) is 13.0. The van der Waals surface area contributed by atoms with Crippen LogP contribution in [-0.4, -0.2) is 45.8 Å². The van der Waals surface area contributed by atoms with E-state index in [9.17, 15) is 9.90 Å². The first-order valence-corrected chi connectivity index (χ1v) is 7.82. The Morgan fingerprint density at radius 1 is 1.45 bits per heavy atom. The van der Waals surface area contributed by atoms with Crippen molar-refractivity contribution in [2.45, 2.75) is 39.0 Å². The Bertz CT molecular complexity index is 685. The second-order valence-corrected chi connectivity index (χ2v) is 5.83. The zero-order chi connectivity index (χ0) is 15.7. The molecule has 1 amide bonds. The number of amides is 1. The lowest BCUT2D eigenvalue weighted by Gasteiger charge is -2.21. The van der Waals surface area contributed by atoms with Crippen LogP contribution < -0.4 is 0 Å². The molecule has 0 saturated heterocycles. The normalized spacial score (nSPS) is 14.5. The Hall–Kier alpha value is -1.95. The Morgan fingerprint density at radius 3 is 2.86 bits per heavy atom. The molecule has 0 atom stereocenters. The van der Waals surface area contributed by atoms with Gasteiger partial charge in [-0.3, -0.25) is 4.79 Å². The molecule has 3 rings (SSSR count). The molecule has 0 unspecified atom stereocenters. The third-order valence-corrected chi connectivity index (χ3v) is 4.01. The highest BCUT2D eigenvalue weighted by atomic mass is 16.5. The molecule has 1 saturated carbocycles. The average Bonchev–Trinajstić information content (AvgIpc) is 3.30. The van der Waals surface area contributed by atoms with Crippen molar-refractivity contribution in [3.8, 4) is 0 Å². The van der Waals surface area contributed by atoms with Crippen LogP contribution in [0.2, 0.25) is 0 Å². The van der Waals surface area contributed by atoms with E-state index in [2.05, 4.69) is 10.1 Å². The Kier molecular flexibility index (Phi) is 4.11. The van der Waals surface area contributed by atoms with E-state index in [-0.39, 0.29) is 12.5 Å². The van der Waals surface area contributed by atoms with Gasteiger partial charge in [-0.25, -0.2) is 4.98 Å². The molecule has 0 bridgehead atoms. The number of hydrogen-bond acceptors (Lipinski definition) is 5. The van der Waals surface area contributed by atoms with Crippen molar-refractivity contribution in [2.24, 2.45) is 0 Å². The van der Waals surface area contributed by atoms with Gasteiger partial charge in [-0.15, -0.1) is 0 Å². The molecule has 1 aliphatic carbocycles. The number of pyridine rings is 1. The molecule has 6 nitrogen and oxygen atoms in total. The predicted octanol–water partition coefficient (Wildman–Crippen LogP) is 2.25. The first-order valence-electron chi connectivity index (χ1n) is 7.82. The SMILES string of the molecule is CCCN(CCO)C(=O)c1cc(C2CC2)nc2onc(C)c12. The van der Waals surface area contributed by atoms with Gasteiger partial charge in [-0.05, 0) is 32.3 Å². The van der Waals surface area contributed by atoms with Gasteiger partial charge in [0.1, 0.15) is 0 Å². The number of carbonyl (C=O) groups excluding carboxylic acids is 1. The summed E-state index contributed by atoms with van der Waals surface area (Å²) < 4.78 is 5.28. The van der Waals surface area contributed by atoms with Gasteiger partial charge in [0.15, 0.2) is 0 Å². The summed E-state index contributed by atoms with van der Waals surface area (Å²) in [4.78, 5) is 19.1. The maximum Gasteiger partial charge on any atom is 0.259 e. The van der Waals surface area contributed by atoms with Crippen LogP contribution in [0.4, 0.5) is 0 Å². The van der Waals surface area contributed by atoms with Crippen molar-refractivity contribution < 1.29 is 14.4 Å². The molecule has 2 heterocycles. The Morgan fingerprint density at radius 2 is 2.23 bits per heavy atom. The molecule has 2 aromatic rings. The van der Waals surface area contributed by atoms with Crippen LogP contribution in [-0.2, 0) is 0 Å². The third-order valence-electron chi connectivity index (χ3n) is 4.01. The molecule has 0 radical (unpaired) electrons. The minimum Gasteiger partial charge on any atom is -0.395 e. The molecule has 0 aliphatic heterocycles. The summed E-state index contributed by atoms with van der Waals surface area (Å²) in [6, 6.07) is 1.88. The summed E-state index contributed by atoms with van der Waals surface area (Å²) in [6.07, 6.45) is 3.06. The summed E-state index contributed by atoms with van der Waals surface area (Å²) in [6.45, 7) is 4.74. The highest BCUT2D eigenvalue weighted by Gasteiger charge is 2.29. The summed E-state index contributed by atoms with van der Waals surface area (Å²) in [7, 11) is 0. The lowest BCUT2D eigenvalue weighted by molar-refractivity contribution is 0.0723. The molecule has 1 N–H and O–H groups in total. The lowest BCUT2D eigenvalue weighted by Crippen LogP contribution is -2.34. The largest absolute Gasteiger partial charge is 0.395 e. The monoisotopic (exact) mass is 303 g/mol. The van der Waals surface area contributed by atoms with E-state index in [0.717, 1.165) is 25.0 Å². The molecule has 1 fully saturated rings. The van der Waals surface area contributed by atoms with E-state index in [0.29, 0.717) is 41.4 Å². The maximum absolute atomic E-state index is 12.9. The Balaban J connectivity index is 2.06. The molecular weight excluding hydrogens is 282 g/mol. The second-order valence-electron chi connectivity index (χ2n) is 5.83. The number of aliphatic hydroxyl groups excluding tert-OH is 1. The van der Waals surface area contributed by atoms with E-state index >= 15 is 0 Å². The van der Waals surface area contributed by atoms with E-state index in [1.54, 1.807) is 4.90 Å². The summed E-state index contributed by atoms with van der Waals surface area (Å²) >= 11 is 0. The van der Waals surface area contributed by atoms with Gasteiger partial charge in [0.25, 0.3) is 11.6 Å². The standard InChI is InChI=1S/C16H21N3O3/c1-3-6-19(7-8-20)16(21)12-9-13(11-4-5-11)17-15-14(12)10(2)18-22-15/h9,11,20H,3-8H2,1-2H3. The van der Waals surface area contributed by atoms with Crippen molar-refractivity contribution in [3.63, 3.8) is 0 Å². The summed E-state index contributed by atoms with van der Waals surface area (Å²) in [5.41, 5.74) is 2.61. The van der Waals surface area contributed by atoms with Gasteiger partial charge < -0.3 is 14.5 Å². The van der Waals surface area contributed by atoms with Crippen LogP contribution in [0, 0.1) is 6.92 Å². The number of carbonyl (C=O) groups is 1. The van der Waals surface area contributed by atoms with E-state index in [4.69, 9.17) is 4.52 Å². The third kappa shape index (κ3) is 2.70. The fourth-order valence-electron chi connectivity index (χ4n) is 2.75. The maximum atomic E-state index is 12.9. The zero-order valence-electron chi connectivity index (χ0n) is 13.0. The topological polar surface area (TPSA) is 79.5 Å². The first-order chi connectivity index (χ1) is 10.7. The summed E-state index contributed by atoms with van der Waals surface area (Å²) in [5, 5.41) is 13.8. The molecule has 0 aromatic carbocycles. The molecule has 0 spiro atoms. The second kappa shape index (κ2) is 6.04. The van der Waals surface area contributed by atoms with Gasteiger partial charge >= 0.3 is 0 Å². The van der Waals surface area contributed by atoms with Gasteiger partial charge in [0.05, 0.1) is 23.3 Å². The number of aryl methyl sites for hydroxylation is 1. The minimum absolute atomic E-state index is 0.0436. The highest BCUT2D eigenvalue weighted by molar-refractivity contribution is 6.06. The molecule has 22 heavy (non-hydrogen) atoms. The van der Waals surface area contributed by atoms with Crippen molar-refractivity contribution in [2.75, 3.05) is 19.7 Å². The molecule has 1 aliphatic rings. The number of fused-ring (bicyclic) bond motifs is 1. The van der Waals surface area contributed by atoms with Crippen LogP contribution >= 0.6 is 0 Å². The van der Waals surface area contributed by atoms with E-state index in [1.165, 1.54) is 0 Å². The van der Waals surface area contributed by atoms with Crippen LogP contribution in [0.25, 0.3) is 11.1 Å². The molecular formula is C16H21N3O3. The summed E-state index contributed by atoms with van der Waals surface area (Å²) in [5.74, 6) is 0.343. The van der Waals surface area contributed by atoms with Crippen LogP contribution in [0.5, 0.6) is 0 Å². The predicted molar refractivity (Wildman–Crippen MR) is 81.8 cm³/mol. The smallest absolute Gasteiger partial charge is 0.259 e. The van der Waals surface area contributed by atoms with Crippen molar-refractivity contribution in [3.05, 3.63) is 23.0 Å². The number of hydrogen-bond donors (Lipinski definition) is 1. The van der Waals surface area contributed by atoms with Crippen LogP contribution in [0.15, 0.2) is 10.6 Å². The van der Waals surface area contributed by atoms with Crippen molar-refractivity contribution in [1.82, 2.24) is 15.0 Å². The van der Waals surface area contributed by atoms with E-state index in [1.807, 2.05) is 19.9 Å². The van der Waals surface area contributed by atoms with E-state index < -0.39 is 0 Å². The highest BCUT2D eigenvalue weighted by Crippen LogP contribution is 2.40. The first kappa shape index (κ1) is 15.0. The number of rotatable bonds is 6. The number of aliphatic hydroxyl groups is 1. The van der Waals surface area contributed by atoms with Gasteiger partial charge in [0.2, 0.25) is 0 Å². The molecule has 2 aromatic heterocycles. The van der Waals surface area contributed by atoms with Crippen LogP contribution in [0.1, 0.15) is 53.8 Å². The van der Waals surface area contributed by atoms with Gasteiger partial charge in [0, 0.05) is 24.7 Å². The van der Waals surface area contributed by atoms with Crippen molar-refractivity contribution in [1.29, 1.82) is 0 Å².